The molecular weight excluding hydrogens is 200 g/mol. The molecule has 0 atom stereocenters. The number of hydrogen-bond donors (Lipinski definition) is 1. The molecule has 0 saturated carbocycles. The molecule has 0 radical (unpaired) electrons. The van der Waals surface area contributed by atoms with Crippen LogP contribution in [0.3, 0.4) is 0 Å². The molecule has 0 aliphatic carbocycles. The summed E-state index contributed by atoms with van der Waals surface area (Å²) in [5, 5.41) is 2.93. The third-order valence-corrected chi connectivity index (χ3v) is 2.63. The number of nitrogens with one attached hydrogen (secondary N) is 1. The Balaban J connectivity index is 4.09. The molecule has 0 unspecified atom stereocenters. The molecule has 3 nitrogen and oxygen atoms in total. The first kappa shape index (κ1) is 15.4. The molecular formula is C13H28N2O. The van der Waals surface area contributed by atoms with Gasteiger partial charge in [0.1, 0.15) is 0 Å². The van der Waals surface area contributed by atoms with Crippen LogP contribution in [0.5, 0.6) is 0 Å². The highest BCUT2D eigenvalue weighted by molar-refractivity contribution is 5.78. The minimum Gasteiger partial charge on any atom is -0.342 e. The van der Waals surface area contributed by atoms with Crippen LogP contribution in [0.2, 0.25) is 0 Å². The van der Waals surface area contributed by atoms with Gasteiger partial charge >= 0.3 is 0 Å². The average molecular weight is 228 g/mol. The number of carbonyl (C=O) groups is 1. The van der Waals surface area contributed by atoms with Gasteiger partial charge in [0.15, 0.2) is 0 Å². The number of likely N-dealkylation sites (N-methyl/N-ethyl adjacent to an activating group) is 1. The van der Waals surface area contributed by atoms with Gasteiger partial charge in [-0.2, -0.15) is 0 Å². The molecule has 0 aliphatic rings. The van der Waals surface area contributed by atoms with E-state index in [4.69, 9.17) is 0 Å². The summed E-state index contributed by atoms with van der Waals surface area (Å²) in [6.07, 6.45) is 2.18. The number of amides is 1. The molecule has 0 aromatic rings. The van der Waals surface area contributed by atoms with Crippen LogP contribution >= 0.6 is 0 Å². The summed E-state index contributed by atoms with van der Waals surface area (Å²) < 4.78 is 0. The van der Waals surface area contributed by atoms with Crippen molar-refractivity contribution in [1.82, 2.24) is 10.2 Å². The molecule has 0 aromatic carbocycles. The monoisotopic (exact) mass is 228 g/mol. The number of rotatable bonds is 8. The van der Waals surface area contributed by atoms with Crippen LogP contribution in [-0.2, 0) is 4.79 Å². The minimum absolute atomic E-state index is 0.226. The molecule has 0 saturated heterocycles. The topological polar surface area (TPSA) is 32.3 Å². The molecule has 96 valence electrons. The van der Waals surface area contributed by atoms with Gasteiger partial charge < -0.3 is 10.2 Å². The number of carbonyl (C=O) groups excluding carboxylic acids is 1. The van der Waals surface area contributed by atoms with Crippen LogP contribution in [0, 0.1) is 11.8 Å². The van der Waals surface area contributed by atoms with Crippen molar-refractivity contribution in [2.45, 2.75) is 40.5 Å². The van der Waals surface area contributed by atoms with E-state index in [1.807, 2.05) is 11.9 Å². The normalized spacial score (nSPS) is 11.2. The van der Waals surface area contributed by atoms with Crippen molar-refractivity contribution in [3.63, 3.8) is 0 Å². The highest BCUT2D eigenvalue weighted by Gasteiger charge is 2.13. The summed E-state index contributed by atoms with van der Waals surface area (Å²) in [6.45, 7) is 11.0. The average Bonchev–Trinajstić information content (AvgIpc) is 2.17. The molecule has 0 rings (SSSR count). The Hall–Kier alpha value is -0.570. The summed E-state index contributed by atoms with van der Waals surface area (Å²) in [7, 11) is 1.82. The quantitative estimate of drug-likeness (QED) is 0.690. The first-order valence-corrected chi connectivity index (χ1v) is 6.39. The lowest BCUT2D eigenvalue weighted by molar-refractivity contribution is -0.130. The van der Waals surface area contributed by atoms with Gasteiger partial charge in [0.2, 0.25) is 5.91 Å². The zero-order valence-electron chi connectivity index (χ0n) is 11.5. The fourth-order valence-electron chi connectivity index (χ4n) is 1.45. The lowest BCUT2D eigenvalue weighted by atomic mass is 10.1. The Morgan fingerprint density at radius 1 is 1.06 bits per heavy atom. The van der Waals surface area contributed by atoms with Crippen LogP contribution < -0.4 is 5.32 Å². The van der Waals surface area contributed by atoms with E-state index < -0.39 is 0 Å². The minimum atomic E-state index is 0.226. The maximum Gasteiger partial charge on any atom is 0.236 e. The van der Waals surface area contributed by atoms with Gasteiger partial charge in [-0.3, -0.25) is 4.79 Å². The van der Waals surface area contributed by atoms with Gasteiger partial charge in [-0.15, -0.1) is 0 Å². The molecule has 0 spiro atoms. The molecule has 0 aliphatic heterocycles. The fraction of sp³-hybridized carbons (Fsp3) is 0.923. The second kappa shape index (κ2) is 8.57. The fourth-order valence-corrected chi connectivity index (χ4v) is 1.45. The summed E-state index contributed by atoms with van der Waals surface area (Å²) in [6, 6.07) is 0. The van der Waals surface area contributed by atoms with Gasteiger partial charge in [0.25, 0.3) is 0 Å². The third-order valence-electron chi connectivity index (χ3n) is 2.63. The highest BCUT2D eigenvalue weighted by Crippen LogP contribution is 2.06. The van der Waals surface area contributed by atoms with E-state index >= 15 is 0 Å². The molecule has 0 aromatic heterocycles. The highest BCUT2D eigenvalue weighted by atomic mass is 16.2. The standard InChI is InChI=1S/C13H28N2O/c1-11(2)6-8-15(9-7-12(3)4)13(16)10-14-5/h11-12,14H,6-10H2,1-5H3. The van der Waals surface area contributed by atoms with E-state index in [0.717, 1.165) is 25.9 Å². The second-order valence-electron chi connectivity index (χ2n) is 5.28. The smallest absolute Gasteiger partial charge is 0.236 e. The summed E-state index contributed by atoms with van der Waals surface area (Å²) in [5.74, 6) is 1.54. The van der Waals surface area contributed by atoms with Crippen LogP contribution in [0.4, 0.5) is 0 Å². The van der Waals surface area contributed by atoms with E-state index in [2.05, 4.69) is 33.0 Å². The third kappa shape index (κ3) is 7.69. The summed E-state index contributed by atoms with van der Waals surface area (Å²) >= 11 is 0. The Labute approximate surface area is 101 Å². The van der Waals surface area contributed by atoms with E-state index in [0.29, 0.717) is 18.4 Å². The Kier molecular flexibility index (Phi) is 8.26. The molecule has 0 fully saturated rings. The van der Waals surface area contributed by atoms with Crippen molar-refractivity contribution in [3.05, 3.63) is 0 Å². The van der Waals surface area contributed by atoms with Crippen molar-refractivity contribution >= 4 is 5.91 Å². The Morgan fingerprint density at radius 3 is 1.81 bits per heavy atom. The van der Waals surface area contributed by atoms with Gasteiger partial charge in [0.05, 0.1) is 6.54 Å². The maximum atomic E-state index is 11.8. The van der Waals surface area contributed by atoms with Crippen LogP contribution in [0.15, 0.2) is 0 Å². The van der Waals surface area contributed by atoms with Gasteiger partial charge in [-0.05, 0) is 31.7 Å². The van der Waals surface area contributed by atoms with E-state index in [9.17, 15) is 4.79 Å². The zero-order valence-corrected chi connectivity index (χ0v) is 11.5. The molecule has 16 heavy (non-hydrogen) atoms. The van der Waals surface area contributed by atoms with E-state index in [-0.39, 0.29) is 5.91 Å². The van der Waals surface area contributed by atoms with Crippen molar-refractivity contribution in [1.29, 1.82) is 0 Å². The SMILES string of the molecule is CNCC(=O)N(CCC(C)C)CCC(C)C. The molecule has 1 amide bonds. The van der Waals surface area contributed by atoms with Crippen molar-refractivity contribution in [2.24, 2.45) is 11.8 Å². The van der Waals surface area contributed by atoms with Crippen molar-refractivity contribution in [3.8, 4) is 0 Å². The summed E-state index contributed by atoms with van der Waals surface area (Å²) in [5.41, 5.74) is 0. The Bertz CT molecular complexity index is 178. The summed E-state index contributed by atoms with van der Waals surface area (Å²) in [4.78, 5) is 13.8. The van der Waals surface area contributed by atoms with Gasteiger partial charge in [-0.1, -0.05) is 27.7 Å². The van der Waals surface area contributed by atoms with Crippen LogP contribution in [-0.4, -0.2) is 37.5 Å². The zero-order chi connectivity index (χ0) is 12.6. The second-order valence-corrected chi connectivity index (χ2v) is 5.28. The van der Waals surface area contributed by atoms with E-state index in [1.54, 1.807) is 0 Å². The molecule has 3 heteroatoms. The number of hydrogen-bond acceptors (Lipinski definition) is 2. The van der Waals surface area contributed by atoms with Crippen LogP contribution in [0.25, 0.3) is 0 Å². The molecule has 1 N–H and O–H groups in total. The van der Waals surface area contributed by atoms with Crippen LogP contribution in [0.1, 0.15) is 40.5 Å². The van der Waals surface area contributed by atoms with Crippen molar-refractivity contribution < 1.29 is 4.79 Å². The largest absolute Gasteiger partial charge is 0.342 e. The maximum absolute atomic E-state index is 11.8. The number of nitrogens with zero attached hydrogens (tertiary/aromatic N) is 1. The van der Waals surface area contributed by atoms with E-state index in [1.165, 1.54) is 0 Å². The van der Waals surface area contributed by atoms with Gasteiger partial charge in [-0.25, -0.2) is 0 Å². The lowest BCUT2D eigenvalue weighted by Crippen LogP contribution is -2.39. The lowest BCUT2D eigenvalue weighted by Gasteiger charge is -2.24. The first-order chi connectivity index (χ1) is 7.47. The predicted molar refractivity (Wildman–Crippen MR) is 69.4 cm³/mol. The first-order valence-electron chi connectivity index (χ1n) is 6.39. The Morgan fingerprint density at radius 2 is 1.50 bits per heavy atom. The van der Waals surface area contributed by atoms with Gasteiger partial charge in [0, 0.05) is 13.1 Å². The predicted octanol–water partition coefficient (Wildman–Crippen LogP) is 2.13. The van der Waals surface area contributed by atoms with Crippen molar-refractivity contribution in [2.75, 3.05) is 26.7 Å². The molecule has 0 heterocycles. The molecule has 0 bridgehead atoms.